The summed E-state index contributed by atoms with van der Waals surface area (Å²) in [5, 5.41) is 5.66. The summed E-state index contributed by atoms with van der Waals surface area (Å²) in [6.07, 6.45) is 2.26. The summed E-state index contributed by atoms with van der Waals surface area (Å²) in [5.74, 6) is -0.260. The Balaban J connectivity index is 1.65. The Morgan fingerprint density at radius 1 is 1.23 bits per heavy atom. The predicted molar refractivity (Wildman–Crippen MR) is 98.1 cm³/mol. The average molecular weight is 357 g/mol. The van der Waals surface area contributed by atoms with Gasteiger partial charge in [0.2, 0.25) is 5.91 Å². The first kappa shape index (κ1) is 18.4. The van der Waals surface area contributed by atoms with Gasteiger partial charge in [0, 0.05) is 6.54 Å². The van der Waals surface area contributed by atoms with Gasteiger partial charge in [0.1, 0.15) is 12.1 Å². The fourth-order valence-corrected chi connectivity index (χ4v) is 4.65. The van der Waals surface area contributed by atoms with Crippen molar-refractivity contribution in [1.82, 2.24) is 15.5 Å². The summed E-state index contributed by atoms with van der Waals surface area (Å²) in [5.41, 5.74) is 0.0850. The molecule has 1 saturated heterocycles. The number of hydrogen-bond acceptors (Lipinski definition) is 3. The van der Waals surface area contributed by atoms with Crippen LogP contribution in [0, 0.1) is 11.3 Å². The third-order valence-electron chi connectivity index (χ3n) is 5.26. The molecule has 0 bridgehead atoms. The van der Waals surface area contributed by atoms with E-state index in [1.54, 1.807) is 0 Å². The minimum absolute atomic E-state index is 0.0216. The second-order valence-corrected chi connectivity index (χ2v) is 8.52. The number of imide groups is 1. The van der Waals surface area contributed by atoms with Crippen LogP contribution in [0.5, 0.6) is 0 Å². The Morgan fingerprint density at radius 3 is 2.58 bits per heavy atom. The second kappa shape index (κ2) is 6.74. The summed E-state index contributed by atoms with van der Waals surface area (Å²) < 4.78 is 0. The van der Waals surface area contributed by atoms with Crippen molar-refractivity contribution in [1.29, 1.82) is 0 Å². The van der Waals surface area contributed by atoms with Gasteiger partial charge in [-0.25, -0.2) is 4.79 Å². The van der Waals surface area contributed by atoms with Crippen LogP contribution in [0.1, 0.15) is 45.6 Å². The minimum Gasteiger partial charge on any atom is -0.350 e. The van der Waals surface area contributed by atoms with E-state index in [9.17, 15) is 14.4 Å². The molecule has 1 aliphatic heterocycles. The van der Waals surface area contributed by atoms with E-state index < -0.39 is 11.6 Å². The highest BCUT2D eigenvalue weighted by Crippen LogP contribution is 2.46. The molecule has 2 atom stereocenters. The molecule has 0 aromatic heterocycles. The van der Waals surface area contributed by atoms with Crippen molar-refractivity contribution in [2.45, 2.75) is 52.1 Å². The Labute approximate surface area is 154 Å². The lowest BCUT2D eigenvalue weighted by molar-refractivity contribution is -0.137. The Morgan fingerprint density at radius 2 is 1.92 bits per heavy atom. The first-order valence-corrected chi connectivity index (χ1v) is 9.16. The van der Waals surface area contributed by atoms with E-state index in [4.69, 9.17) is 0 Å². The zero-order valence-electron chi connectivity index (χ0n) is 15.7. The monoisotopic (exact) mass is 357 g/mol. The highest BCUT2D eigenvalue weighted by atomic mass is 16.2. The van der Waals surface area contributed by atoms with Gasteiger partial charge in [-0.1, -0.05) is 51.1 Å². The summed E-state index contributed by atoms with van der Waals surface area (Å²) in [6.45, 7) is 6.49. The van der Waals surface area contributed by atoms with Gasteiger partial charge >= 0.3 is 6.03 Å². The maximum atomic E-state index is 13.0. The van der Waals surface area contributed by atoms with E-state index in [0.717, 1.165) is 16.9 Å². The van der Waals surface area contributed by atoms with Crippen LogP contribution in [0.2, 0.25) is 0 Å². The van der Waals surface area contributed by atoms with Gasteiger partial charge in [-0.2, -0.15) is 0 Å². The lowest BCUT2D eigenvalue weighted by Gasteiger charge is -2.43. The molecule has 1 spiro atoms. The fraction of sp³-hybridized carbons (Fsp3) is 0.550. The lowest BCUT2D eigenvalue weighted by Crippen LogP contribution is -2.54. The van der Waals surface area contributed by atoms with E-state index >= 15 is 0 Å². The van der Waals surface area contributed by atoms with Crippen molar-refractivity contribution in [3.63, 3.8) is 0 Å². The zero-order chi connectivity index (χ0) is 18.9. The molecule has 6 nitrogen and oxygen atoms in total. The topological polar surface area (TPSA) is 78.5 Å². The highest BCUT2D eigenvalue weighted by molar-refractivity contribution is 6.09. The molecule has 3 rings (SSSR count). The first-order chi connectivity index (χ1) is 12.2. The number of hydrogen-bond donors (Lipinski definition) is 2. The van der Waals surface area contributed by atoms with Crippen LogP contribution in [0.15, 0.2) is 30.3 Å². The van der Waals surface area contributed by atoms with Crippen LogP contribution in [-0.4, -0.2) is 34.8 Å². The van der Waals surface area contributed by atoms with Crippen LogP contribution in [0.25, 0.3) is 0 Å². The number of rotatable bonds is 4. The highest BCUT2D eigenvalue weighted by Gasteiger charge is 2.56. The summed E-state index contributed by atoms with van der Waals surface area (Å²) >= 11 is 0. The lowest BCUT2D eigenvalue weighted by atomic mass is 9.64. The third-order valence-corrected chi connectivity index (χ3v) is 5.26. The maximum Gasteiger partial charge on any atom is 0.325 e. The standard InChI is InChI=1S/C20H27N3O3/c1-14-9-19(2,3)13-20(10-14)17(25)23(18(26)22-20)12-16(24)21-11-15-7-5-4-6-8-15/h4-8,14H,9-13H2,1-3H3,(H,21,24)(H,22,26)/t14-,20+/m1/s1. The largest absolute Gasteiger partial charge is 0.350 e. The van der Waals surface area contributed by atoms with E-state index in [2.05, 4.69) is 31.4 Å². The Bertz CT molecular complexity index is 716. The molecule has 2 fully saturated rings. The van der Waals surface area contributed by atoms with Crippen molar-refractivity contribution >= 4 is 17.8 Å². The molecule has 4 amide bonds. The van der Waals surface area contributed by atoms with Gasteiger partial charge in [-0.15, -0.1) is 0 Å². The molecule has 1 aromatic carbocycles. The van der Waals surface area contributed by atoms with Crippen molar-refractivity contribution in [2.24, 2.45) is 11.3 Å². The Kier molecular flexibility index (Phi) is 4.78. The average Bonchev–Trinajstić information content (AvgIpc) is 2.75. The zero-order valence-corrected chi connectivity index (χ0v) is 15.7. The van der Waals surface area contributed by atoms with Crippen molar-refractivity contribution in [3.05, 3.63) is 35.9 Å². The van der Waals surface area contributed by atoms with E-state index in [1.807, 2.05) is 30.3 Å². The fourth-order valence-electron chi connectivity index (χ4n) is 4.65. The number of carbonyl (C=O) groups is 3. The second-order valence-electron chi connectivity index (χ2n) is 8.52. The molecule has 1 aromatic rings. The van der Waals surface area contributed by atoms with E-state index in [0.29, 0.717) is 25.3 Å². The number of nitrogens with one attached hydrogen (secondary N) is 2. The maximum absolute atomic E-state index is 13.0. The van der Waals surface area contributed by atoms with Crippen LogP contribution in [-0.2, 0) is 16.1 Å². The summed E-state index contributed by atoms with van der Waals surface area (Å²) in [7, 11) is 0. The molecule has 26 heavy (non-hydrogen) atoms. The number of nitrogens with zero attached hydrogens (tertiary/aromatic N) is 1. The first-order valence-electron chi connectivity index (χ1n) is 9.16. The van der Waals surface area contributed by atoms with Crippen LogP contribution >= 0.6 is 0 Å². The molecule has 140 valence electrons. The molecule has 6 heteroatoms. The number of amides is 4. The molecule has 1 aliphatic carbocycles. The van der Waals surface area contributed by atoms with Crippen LogP contribution in [0.4, 0.5) is 4.79 Å². The van der Waals surface area contributed by atoms with Gasteiger partial charge in [0.15, 0.2) is 0 Å². The molecule has 1 heterocycles. The van der Waals surface area contributed by atoms with Gasteiger partial charge in [-0.05, 0) is 36.2 Å². The number of benzene rings is 1. The van der Waals surface area contributed by atoms with Gasteiger partial charge in [0.05, 0.1) is 0 Å². The van der Waals surface area contributed by atoms with Gasteiger partial charge in [0.25, 0.3) is 5.91 Å². The third kappa shape index (κ3) is 3.74. The van der Waals surface area contributed by atoms with E-state index in [1.165, 1.54) is 0 Å². The molecule has 1 saturated carbocycles. The summed E-state index contributed by atoms with van der Waals surface area (Å²) in [6, 6.07) is 9.06. The summed E-state index contributed by atoms with van der Waals surface area (Å²) in [4.78, 5) is 38.7. The van der Waals surface area contributed by atoms with Crippen molar-refractivity contribution in [2.75, 3.05) is 6.54 Å². The normalized spacial score (nSPS) is 27.5. The SMILES string of the molecule is C[C@@H]1CC(C)(C)C[C@]2(C1)NC(=O)N(CC(=O)NCc1ccccc1)C2=O. The molecule has 0 radical (unpaired) electrons. The molecular formula is C20H27N3O3. The van der Waals surface area contributed by atoms with Crippen molar-refractivity contribution < 1.29 is 14.4 Å². The van der Waals surface area contributed by atoms with Crippen LogP contribution in [0.3, 0.4) is 0 Å². The molecule has 2 N–H and O–H groups in total. The molecular weight excluding hydrogens is 330 g/mol. The minimum atomic E-state index is -0.863. The Hall–Kier alpha value is -2.37. The number of urea groups is 1. The molecule has 2 aliphatic rings. The number of carbonyl (C=O) groups excluding carboxylic acids is 3. The smallest absolute Gasteiger partial charge is 0.325 e. The van der Waals surface area contributed by atoms with Gasteiger partial charge < -0.3 is 10.6 Å². The van der Waals surface area contributed by atoms with E-state index in [-0.39, 0.29) is 23.8 Å². The van der Waals surface area contributed by atoms with Gasteiger partial charge in [-0.3, -0.25) is 14.5 Å². The quantitative estimate of drug-likeness (QED) is 0.813. The van der Waals surface area contributed by atoms with Crippen molar-refractivity contribution in [3.8, 4) is 0 Å². The predicted octanol–water partition coefficient (Wildman–Crippen LogP) is 2.44. The molecule has 0 unspecified atom stereocenters. The van der Waals surface area contributed by atoms with Crippen LogP contribution < -0.4 is 10.6 Å².